The fourth-order valence-corrected chi connectivity index (χ4v) is 3.89. The quantitative estimate of drug-likeness (QED) is 0.373. The molecule has 0 aliphatic carbocycles. The van der Waals surface area contributed by atoms with Crippen LogP contribution in [0.3, 0.4) is 0 Å². The van der Waals surface area contributed by atoms with E-state index in [4.69, 9.17) is 11.6 Å². The van der Waals surface area contributed by atoms with Crippen molar-refractivity contribution in [3.05, 3.63) is 47.0 Å². The van der Waals surface area contributed by atoms with Gasteiger partial charge in [-0.15, -0.1) is 0 Å². The van der Waals surface area contributed by atoms with Gasteiger partial charge in [0.05, 0.1) is 6.10 Å². The first-order valence-electron chi connectivity index (χ1n) is 10.7. The van der Waals surface area contributed by atoms with Gasteiger partial charge in [-0.05, 0) is 54.4 Å². The Morgan fingerprint density at radius 1 is 0.889 bits per heavy atom. The first-order valence-corrected chi connectivity index (χ1v) is 11.1. The predicted octanol–water partition coefficient (Wildman–Crippen LogP) is 6.99. The standard InChI is InChI=1S/C24H36ClNO/c1-3-5-7-9-16-26(17-10-8-6-4-2)19-24(27)22-13-11-12-20-14-15-21(25)18-23(20)22/h11-15,18,24,27H,3-10,16-17,19H2,1-2H3/t24-/m0/s1. The minimum atomic E-state index is -0.482. The Kier molecular flexibility index (Phi) is 10.2. The van der Waals surface area contributed by atoms with Crippen LogP contribution in [0.2, 0.25) is 5.02 Å². The number of unbranched alkanes of at least 4 members (excludes halogenated alkanes) is 6. The van der Waals surface area contributed by atoms with E-state index >= 15 is 0 Å². The Labute approximate surface area is 170 Å². The molecule has 0 aliphatic rings. The van der Waals surface area contributed by atoms with Crippen LogP contribution in [0.25, 0.3) is 10.8 Å². The topological polar surface area (TPSA) is 23.5 Å². The average molecular weight is 390 g/mol. The molecule has 0 bridgehead atoms. The van der Waals surface area contributed by atoms with Crippen molar-refractivity contribution in [1.29, 1.82) is 0 Å². The summed E-state index contributed by atoms with van der Waals surface area (Å²) < 4.78 is 0. The van der Waals surface area contributed by atoms with Gasteiger partial charge in [0.15, 0.2) is 0 Å². The van der Waals surface area contributed by atoms with E-state index < -0.39 is 6.10 Å². The highest BCUT2D eigenvalue weighted by molar-refractivity contribution is 6.31. The molecule has 2 nitrogen and oxygen atoms in total. The second-order valence-electron chi connectivity index (χ2n) is 7.65. The number of aliphatic hydroxyl groups is 1. The fourth-order valence-electron chi connectivity index (χ4n) is 3.72. The summed E-state index contributed by atoms with van der Waals surface area (Å²) in [5.41, 5.74) is 0.988. The average Bonchev–Trinajstić information content (AvgIpc) is 2.67. The summed E-state index contributed by atoms with van der Waals surface area (Å²) in [7, 11) is 0. The van der Waals surface area contributed by atoms with E-state index in [-0.39, 0.29) is 0 Å². The molecule has 0 spiro atoms. The molecule has 0 fully saturated rings. The molecule has 0 amide bonds. The minimum Gasteiger partial charge on any atom is -0.387 e. The molecular weight excluding hydrogens is 354 g/mol. The Morgan fingerprint density at radius 2 is 1.56 bits per heavy atom. The lowest BCUT2D eigenvalue weighted by molar-refractivity contribution is 0.111. The molecule has 27 heavy (non-hydrogen) atoms. The maximum Gasteiger partial charge on any atom is 0.0922 e. The Morgan fingerprint density at radius 3 is 2.19 bits per heavy atom. The molecule has 0 radical (unpaired) electrons. The lowest BCUT2D eigenvalue weighted by atomic mass is 10.00. The lowest BCUT2D eigenvalue weighted by Gasteiger charge is -2.26. The Bertz CT molecular complexity index is 660. The van der Waals surface area contributed by atoms with Crippen LogP contribution in [0.1, 0.15) is 76.9 Å². The summed E-state index contributed by atoms with van der Waals surface area (Å²) in [5, 5.41) is 13.9. The maximum absolute atomic E-state index is 11.0. The van der Waals surface area contributed by atoms with Gasteiger partial charge in [0, 0.05) is 11.6 Å². The van der Waals surface area contributed by atoms with Gasteiger partial charge in [-0.1, -0.05) is 88.2 Å². The number of benzene rings is 2. The molecule has 0 unspecified atom stereocenters. The SMILES string of the molecule is CCCCCCN(CCCCCC)C[C@H](O)c1cccc2ccc(Cl)cc12. The van der Waals surface area contributed by atoms with Gasteiger partial charge in [-0.25, -0.2) is 0 Å². The molecule has 2 aromatic carbocycles. The third-order valence-corrected chi connectivity index (χ3v) is 5.56. The van der Waals surface area contributed by atoms with E-state index in [9.17, 15) is 5.11 Å². The molecule has 0 aliphatic heterocycles. The Hall–Kier alpha value is -1.09. The molecule has 2 aromatic rings. The van der Waals surface area contributed by atoms with Crippen molar-refractivity contribution in [2.24, 2.45) is 0 Å². The number of aliphatic hydroxyl groups excluding tert-OH is 1. The monoisotopic (exact) mass is 389 g/mol. The van der Waals surface area contributed by atoms with Crippen LogP contribution in [-0.4, -0.2) is 29.6 Å². The predicted molar refractivity (Wildman–Crippen MR) is 119 cm³/mol. The van der Waals surface area contributed by atoms with Gasteiger partial charge in [-0.3, -0.25) is 0 Å². The summed E-state index contributed by atoms with van der Waals surface area (Å²) in [6.07, 6.45) is 9.63. The molecule has 3 heteroatoms. The molecule has 0 saturated carbocycles. The van der Waals surface area contributed by atoms with Crippen LogP contribution in [0, 0.1) is 0 Å². The van der Waals surface area contributed by atoms with Crippen LogP contribution in [0.5, 0.6) is 0 Å². The van der Waals surface area contributed by atoms with Gasteiger partial charge in [0.1, 0.15) is 0 Å². The summed E-state index contributed by atoms with van der Waals surface area (Å²) >= 11 is 6.21. The summed E-state index contributed by atoms with van der Waals surface area (Å²) in [5.74, 6) is 0. The summed E-state index contributed by atoms with van der Waals surface area (Å²) in [6, 6.07) is 12.1. The van der Waals surface area contributed by atoms with Crippen LogP contribution >= 0.6 is 11.6 Å². The lowest BCUT2D eigenvalue weighted by Crippen LogP contribution is -2.31. The number of rotatable bonds is 13. The number of hydrogen-bond donors (Lipinski definition) is 1. The van der Waals surface area contributed by atoms with Gasteiger partial charge in [-0.2, -0.15) is 0 Å². The second kappa shape index (κ2) is 12.4. The zero-order chi connectivity index (χ0) is 19.5. The summed E-state index contributed by atoms with van der Waals surface area (Å²) in [6.45, 7) is 7.35. The minimum absolute atomic E-state index is 0.482. The van der Waals surface area contributed by atoms with Crippen molar-refractivity contribution in [3.63, 3.8) is 0 Å². The van der Waals surface area contributed by atoms with Gasteiger partial charge < -0.3 is 10.0 Å². The number of hydrogen-bond acceptors (Lipinski definition) is 2. The van der Waals surface area contributed by atoms with Crippen molar-refractivity contribution in [2.45, 2.75) is 71.3 Å². The fraction of sp³-hybridized carbons (Fsp3) is 0.583. The largest absolute Gasteiger partial charge is 0.387 e. The molecule has 0 saturated heterocycles. The molecule has 0 aromatic heterocycles. The van der Waals surface area contributed by atoms with E-state index in [0.29, 0.717) is 6.54 Å². The van der Waals surface area contributed by atoms with E-state index in [1.54, 1.807) is 0 Å². The van der Waals surface area contributed by atoms with Crippen LogP contribution in [0.4, 0.5) is 0 Å². The normalized spacial score (nSPS) is 12.8. The van der Waals surface area contributed by atoms with Crippen molar-refractivity contribution in [3.8, 4) is 0 Å². The zero-order valence-electron chi connectivity index (χ0n) is 17.1. The van der Waals surface area contributed by atoms with Gasteiger partial charge in [0.2, 0.25) is 0 Å². The molecular formula is C24H36ClNO. The summed E-state index contributed by atoms with van der Waals surface area (Å²) in [4.78, 5) is 2.46. The van der Waals surface area contributed by atoms with Crippen molar-refractivity contribution < 1.29 is 5.11 Å². The van der Waals surface area contributed by atoms with Gasteiger partial charge in [0.25, 0.3) is 0 Å². The highest BCUT2D eigenvalue weighted by Crippen LogP contribution is 2.27. The number of fused-ring (bicyclic) bond motifs is 1. The van der Waals surface area contributed by atoms with Crippen LogP contribution in [0.15, 0.2) is 36.4 Å². The number of halogens is 1. The van der Waals surface area contributed by atoms with Crippen LogP contribution in [-0.2, 0) is 0 Å². The first kappa shape index (κ1) is 22.2. The molecule has 150 valence electrons. The highest BCUT2D eigenvalue weighted by Gasteiger charge is 2.16. The molecule has 1 atom stereocenters. The second-order valence-corrected chi connectivity index (χ2v) is 8.09. The van der Waals surface area contributed by atoms with E-state index in [1.807, 2.05) is 30.3 Å². The third-order valence-electron chi connectivity index (χ3n) is 5.32. The maximum atomic E-state index is 11.0. The van der Waals surface area contributed by atoms with E-state index in [2.05, 4.69) is 24.8 Å². The van der Waals surface area contributed by atoms with Crippen LogP contribution < -0.4 is 0 Å². The number of nitrogens with zero attached hydrogens (tertiary/aromatic N) is 1. The third kappa shape index (κ3) is 7.44. The van der Waals surface area contributed by atoms with Gasteiger partial charge >= 0.3 is 0 Å². The van der Waals surface area contributed by atoms with Crippen molar-refractivity contribution in [1.82, 2.24) is 4.90 Å². The highest BCUT2D eigenvalue weighted by atomic mass is 35.5. The zero-order valence-corrected chi connectivity index (χ0v) is 17.8. The van der Waals surface area contributed by atoms with E-state index in [0.717, 1.165) is 34.4 Å². The van der Waals surface area contributed by atoms with Crippen molar-refractivity contribution in [2.75, 3.05) is 19.6 Å². The smallest absolute Gasteiger partial charge is 0.0922 e. The van der Waals surface area contributed by atoms with Crippen molar-refractivity contribution >= 4 is 22.4 Å². The van der Waals surface area contributed by atoms with E-state index in [1.165, 1.54) is 51.4 Å². The molecule has 0 heterocycles. The molecule has 1 N–H and O–H groups in total. The molecule has 2 rings (SSSR count). The first-order chi connectivity index (χ1) is 13.2. The Balaban J connectivity index is 2.04.